The van der Waals surface area contributed by atoms with Crippen molar-refractivity contribution in [3.8, 4) is 0 Å². The summed E-state index contributed by atoms with van der Waals surface area (Å²) >= 11 is 0. The van der Waals surface area contributed by atoms with E-state index in [0.29, 0.717) is 12.8 Å². The molecule has 4 unspecified atom stereocenters. The number of hydrogen-bond acceptors (Lipinski definition) is 5. The molecule has 0 saturated carbocycles. The molecule has 0 aromatic rings. The molecule has 0 spiro atoms. The average Bonchev–Trinajstić information content (AvgIpc) is 2.84. The highest BCUT2D eigenvalue weighted by atomic mass is 16.3. The lowest BCUT2D eigenvalue weighted by atomic mass is 10.00. The molecule has 4 atom stereocenters. The zero-order chi connectivity index (χ0) is 25.4. The number of allylic oxidation sites excluding steroid dienone is 2. The van der Waals surface area contributed by atoms with Gasteiger partial charge >= 0.3 is 0 Å². The second kappa shape index (κ2) is 23.8. The van der Waals surface area contributed by atoms with Gasteiger partial charge in [0.1, 0.15) is 12.2 Å². The van der Waals surface area contributed by atoms with Crippen LogP contribution < -0.4 is 5.32 Å². The van der Waals surface area contributed by atoms with E-state index in [2.05, 4.69) is 31.3 Å². The van der Waals surface area contributed by atoms with Gasteiger partial charge in [-0.05, 0) is 38.5 Å². The quantitative estimate of drug-likeness (QED) is 0.0957. The van der Waals surface area contributed by atoms with Crippen LogP contribution in [0, 0.1) is 0 Å². The smallest absolute Gasteiger partial charge is 0.249 e. The topological polar surface area (TPSA) is 110 Å². The predicted molar refractivity (Wildman–Crippen MR) is 141 cm³/mol. The van der Waals surface area contributed by atoms with Crippen molar-refractivity contribution in [1.29, 1.82) is 0 Å². The van der Waals surface area contributed by atoms with Crippen molar-refractivity contribution in [2.75, 3.05) is 6.61 Å². The van der Waals surface area contributed by atoms with Crippen LogP contribution in [0.3, 0.4) is 0 Å². The molecular formula is C28H55NO5. The number of nitrogens with one attached hydrogen (secondary N) is 1. The van der Waals surface area contributed by atoms with E-state index in [1.165, 1.54) is 64.2 Å². The molecule has 34 heavy (non-hydrogen) atoms. The van der Waals surface area contributed by atoms with E-state index in [1.54, 1.807) is 0 Å². The fourth-order valence-electron chi connectivity index (χ4n) is 4.11. The van der Waals surface area contributed by atoms with E-state index >= 15 is 0 Å². The van der Waals surface area contributed by atoms with Gasteiger partial charge in [-0.3, -0.25) is 4.79 Å². The third kappa shape index (κ3) is 18.4. The molecule has 0 aromatic heterocycles. The molecule has 0 radical (unpaired) electrons. The van der Waals surface area contributed by atoms with Crippen molar-refractivity contribution >= 4 is 5.91 Å². The summed E-state index contributed by atoms with van der Waals surface area (Å²) in [6, 6.07) is -0.991. The summed E-state index contributed by atoms with van der Waals surface area (Å²) in [4.78, 5) is 12.3. The maximum absolute atomic E-state index is 12.3. The Hall–Kier alpha value is -0.950. The molecule has 5 N–H and O–H groups in total. The molecule has 0 bridgehead atoms. The summed E-state index contributed by atoms with van der Waals surface area (Å²) in [6.45, 7) is 3.91. The number of hydrogen-bond donors (Lipinski definition) is 5. The minimum atomic E-state index is -1.27. The zero-order valence-electron chi connectivity index (χ0n) is 22.1. The Morgan fingerprint density at radius 3 is 1.76 bits per heavy atom. The normalized spacial score (nSPS) is 15.4. The molecule has 6 nitrogen and oxygen atoms in total. The Morgan fingerprint density at radius 1 is 0.706 bits per heavy atom. The minimum Gasteiger partial charge on any atom is -0.394 e. The molecule has 1 amide bonds. The Bertz CT molecular complexity index is 485. The fraction of sp³-hybridized carbons (Fsp3) is 0.893. The number of aliphatic hydroxyl groups is 4. The SMILES string of the molecule is CCCCC/C=C/CCCC(O)C(O)C(CO)NC(=O)C(O)CCCCCCCCCCCC. The predicted octanol–water partition coefficient (Wildman–Crippen LogP) is 5.16. The lowest BCUT2D eigenvalue weighted by molar-refractivity contribution is -0.132. The van der Waals surface area contributed by atoms with Gasteiger partial charge in [0.25, 0.3) is 0 Å². The van der Waals surface area contributed by atoms with Crippen LogP contribution >= 0.6 is 0 Å². The highest BCUT2D eigenvalue weighted by Crippen LogP contribution is 2.13. The molecule has 0 aliphatic carbocycles. The molecule has 0 fully saturated rings. The van der Waals surface area contributed by atoms with Gasteiger partial charge in [-0.25, -0.2) is 0 Å². The van der Waals surface area contributed by atoms with Crippen LogP contribution in [0.2, 0.25) is 0 Å². The minimum absolute atomic E-state index is 0.365. The van der Waals surface area contributed by atoms with Gasteiger partial charge in [0.05, 0.1) is 18.8 Å². The molecule has 202 valence electrons. The first-order chi connectivity index (χ1) is 16.5. The van der Waals surface area contributed by atoms with E-state index in [-0.39, 0.29) is 0 Å². The molecule has 0 saturated heterocycles. The fourth-order valence-corrected chi connectivity index (χ4v) is 4.11. The van der Waals surface area contributed by atoms with Crippen LogP contribution in [0.15, 0.2) is 12.2 Å². The summed E-state index contributed by atoms with van der Waals surface area (Å²) in [5.41, 5.74) is 0. The maximum Gasteiger partial charge on any atom is 0.249 e. The van der Waals surface area contributed by atoms with Crippen molar-refractivity contribution in [2.45, 2.75) is 154 Å². The third-order valence-electron chi connectivity index (χ3n) is 6.48. The van der Waals surface area contributed by atoms with Gasteiger partial charge in [-0.2, -0.15) is 0 Å². The van der Waals surface area contributed by atoms with Crippen LogP contribution in [-0.2, 0) is 4.79 Å². The number of aliphatic hydroxyl groups excluding tert-OH is 4. The Kier molecular flexibility index (Phi) is 23.1. The number of rotatable bonds is 24. The van der Waals surface area contributed by atoms with Crippen LogP contribution in [0.4, 0.5) is 0 Å². The van der Waals surface area contributed by atoms with Gasteiger partial charge < -0.3 is 25.7 Å². The summed E-state index contributed by atoms with van der Waals surface area (Å²) < 4.78 is 0. The summed E-state index contributed by atoms with van der Waals surface area (Å²) in [5.74, 6) is -0.601. The number of amides is 1. The molecule has 0 heterocycles. The van der Waals surface area contributed by atoms with E-state index < -0.39 is 36.9 Å². The van der Waals surface area contributed by atoms with Crippen molar-refractivity contribution in [2.24, 2.45) is 0 Å². The van der Waals surface area contributed by atoms with Crippen molar-refractivity contribution < 1.29 is 25.2 Å². The van der Waals surface area contributed by atoms with E-state index in [9.17, 15) is 25.2 Å². The highest BCUT2D eigenvalue weighted by Gasteiger charge is 2.28. The second-order valence-electron chi connectivity index (χ2n) is 9.74. The molecule has 6 heteroatoms. The molecule has 0 rings (SSSR count). The van der Waals surface area contributed by atoms with Gasteiger partial charge in [0.15, 0.2) is 0 Å². The van der Waals surface area contributed by atoms with Crippen molar-refractivity contribution in [3.05, 3.63) is 12.2 Å². The summed E-state index contributed by atoms with van der Waals surface area (Å²) in [6.07, 6.45) is 19.6. The van der Waals surface area contributed by atoms with Crippen LogP contribution in [0.1, 0.15) is 129 Å². The monoisotopic (exact) mass is 485 g/mol. The van der Waals surface area contributed by atoms with Gasteiger partial charge in [-0.1, -0.05) is 103 Å². The summed E-state index contributed by atoms with van der Waals surface area (Å²) in [7, 11) is 0. The van der Waals surface area contributed by atoms with E-state index in [4.69, 9.17) is 0 Å². The van der Waals surface area contributed by atoms with Crippen LogP contribution in [0.5, 0.6) is 0 Å². The zero-order valence-corrected chi connectivity index (χ0v) is 22.1. The lowest BCUT2D eigenvalue weighted by Crippen LogP contribution is -2.53. The van der Waals surface area contributed by atoms with Crippen LogP contribution in [0.25, 0.3) is 0 Å². The summed E-state index contributed by atoms with van der Waals surface area (Å²) in [5, 5.41) is 42.8. The first-order valence-corrected chi connectivity index (χ1v) is 14.1. The van der Waals surface area contributed by atoms with Crippen molar-refractivity contribution in [3.63, 3.8) is 0 Å². The molecule has 0 aliphatic heterocycles. The largest absolute Gasteiger partial charge is 0.394 e. The van der Waals surface area contributed by atoms with Gasteiger partial charge in [0.2, 0.25) is 5.91 Å². The third-order valence-corrected chi connectivity index (χ3v) is 6.48. The molecule has 0 aliphatic rings. The number of unbranched alkanes of at least 4 members (excludes halogenated alkanes) is 13. The Labute approximate surface area is 209 Å². The first-order valence-electron chi connectivity index (χ1n) is 14.1. The molecular weight excluding hydrogens is 430 g/mol. The van der Waals surface area contributed by atoms with E-state index in [1.807, 2.05) is 0 Å². The van der Waals surface area contributed by atoms with Gasteiger partial charge in [-0.15, -0.1) is 0 Å². The van der Waals surface area contributed by atoms with E-state index in [0.717, 1.165) is 38.5 Å². The highest BCUT2D eigenvalue weighted by molar-refractivity contribution is 5.80. The Balaban J connectivity index is 4.00. The Morgan fingerprint density at radius 2 is 1.21 bits per heavy atom. The maximum atomic E-state index is 12.3. The average molecular weight is 486 g/mol. The van der Waals surface area contributed by atoms with Crippen molar-refractivity contribution in [1.82, 2.24) is 5.32 Å². The second-order valence-corrected chi connectivity index (χ2v) is 9.74. The number of carbonyl (C=O) groups excluding carboxylic acids is 1. The standard InChI is InChI=1S/C28H55NO5/c1-3-5-7-9-11-13-14-16-18-20-22-26(32)28(34)29-24(23-30)27(33)25(31)21-19-17-15-12-10-8-6-4-2/h12,15,24-27,30-33H,3-11,13-14,16-23H2,1-2H3,(H,29,34)/b15-12+. The first kappa shape index (κ1) is 33.0. The molecule has 0 aromatic carbocycles. The number of carbonyl (C=O) groups is 1. The lowest BCUT2D eigenvalue weighted by Gasteiger charge is -2.27. The van der Waals surface area contributed by atoms with Crippen LogP contribution in [-0.4, -0.2) is 57.3 Å². The van der Waals surface area contributed by atoms with Gasteiger partial charge in [0, 0.05) is 0 Å².